The normalized spacial score (nSPS) is 11.6. The number of aromatic nitrogens is 1. The maximum atomic E-state index is 12.8. The molecule has 34 heavy (non-hydrogen) atoms. The molecule has 2 heterocycles. The van der Waals surface area contributed by atoms with Crippen LogP contribution < -0.4 is 10.1 Å². The SMILES string of the molecule is Cc1cc(/C=N/NC(=O)c2ccccc2NS(=O)(=O)c2cccs2)c(C)n1-c1ccc(Cl)cc1. The minimum atomic E-state index is -3.79. The molecule has 0 saturated heterocycles. The second kappa shape index (κ2) is 9.84. The van der Waals surface area contributed by atoms with Gasteiger partial charge in [0.1, 0.15) is 4.21 Å². The number of sulfonamides is 1. The number of hydrazone groups is 1. The molecule has 2 N–H and O–H groups in total. The van der Waals surface area contributed by atoms with Crippen LogP contribution in [0.1, 0.15) is 27.3 Å². The van der Waals surface area contributed by atoms with Crippen molar-refractivity contribution in [3.8, 4) is 5.69 Å². The molecule has 0 aliphatic carbocycles. The number of hydrogen-bond donors (Lipinski definition) is 2. The van der Waals surface area contributed by atoms with E-state index in [0.29, 0.717) is 5.02 Å². The number of carbonyl (C=O) groups excluding carboxylic acids is 1. The van der Waals surface area contributed by atoms with Gasteiger partial charge >= 0.3 is 0 Å². The zero-order valence-electron chi connectivity index (χ0n) is 18.3. The van der Waals surface area contributed by atoms with E-state index in [1.54, 1.807) is 29.8 Å². The first-order chi connectivity index (χ1) is 16.3. The van der Waals surface area contributed by atoms with E-state index in [4.69, 9.17) is 11.6 Å². The third-order valence-corrected chi connectivity index (χ3v) is 8.12. The first-order valence-electron chi connectivity index (χ1n) is 10.2. The molecular formula is C24H21ClN4O3S2. The highest BCUT2D eigenvalue weighted by Crippen LogP contribution is 2.23. The predicted octanol–water partition coefficient (Wildman–Crippen LogP) is 5.37. The van der Waals surface area contributed by atoms with E-state index < -0.39 is 15.9 Å². The van der Waals surface area contributed by atoms with Gasteiger partial charge in [-0.15, -0.1) is 11.3 Å². The summed E-state index contributed by atoms with van der Waals surface area (Å²) in [4.78, 5) is 12.8. The molecule has 0 atom stereocenters. The third-order valence-electron chi connectivity index (χ3n) is 5.10. The molecule has 4 aromatic rings. The van der Waals surface area contributed by atoms with E-state index in [0.717, 1.165) is 34.0 Å². The van der Waals surface area contributed by atoms with Gasteiger partial charge in [0.25, 0.3) is 15.9 Å². The largest absolute Gasteiger partial charge is 0.318 e. The number of rotatable bonds is 7. The molecule has 0 spiro atoms. The number of halogens is 1. The third kappa shape index (κ3) is 5.06. The van der Waals surface area contributed by atoms with E-state index in [9.17, 15) is 13.2 Å². The molecule has 10 heteroatoms. The Morgan fingerprint density at radius 3 is 2.50 bits per heavy atom. The maximum Gasteiger partial charge on any atom is 0.273 e. The Morgan fingerprint density at radius 1 is 1.06 bits per heavy atom. The number of amides is 1. The summed E-state index contributed by atoms with van der Waals surface area (Å²) in [5, 5.41) is 6.43. The van der Waals surface area contributed by atoms with Gasteiger partial charge in [-0.2, -0.15) is 5.10 Å². The Balaban J connectivity index is 1.51. The lowest BCUT2D eigenvalue weighted by atomic mass is 10.2. The molecule has 0 fully saturated rings. The number of thiophene rings is 1. The number of anilines is 1. The second-order valence-corrected chi connectivity index (χ2v) is 10.7. The van der Waals surface area contributed by atoms with Crippen LogP contribution in [0.4, 0.5) is 5.69 Å². The molecule has 0 aliphatic heterocycles. The van der Waals surface area contributed by atoms with Crippen molar-refractivity contribution >= 4 is 50.8 Å². The van der Waals surface area contributed by atoms with Crippen LogP contribution in [0.25, 0.3) is 5.69 Å². The van der Waals surface area contributed by atoms with Gasteiger partial charge in [-0.1, -0.05) is 29.8 Å². The highest BCUT2D eigenvalue weighted by Gasteiger charge is 2.19. The smallest absolute Gasteiger partial charge is 0.273 e. The zero-order chi connectivity index (χ0) is 24.3. The molecule has 0 radical (unpaired) electrons. The number of benzene rings is 2. The fourth-order valence-corrected chi connectivity index (χ4v) is 5.71. The van der Waals surface area contributed by atoms with E-state index in [1.165, 1.54) is 18.2 Å². The number of carbonyl (C=O) groups is 1. The van der Waals surface area contributed by atoms with Crippen LogP contribution in [-0.2, 0) is 10.0 Å². The molecule has 0 saturated carbocycles. The minimum Gasteiger partial charge on any atom is -0.318 e. The average molecular weight is 513 g/mol. The summed E-state index contributed by atoms with van der Waals surface area (Å²) in [5.41, 5.74) is 6.56. The molecule has 174 valence electrons. The fourth-order valence-electron chi connectivity index (χ4n) is 3.51. The molecule has 1 amide bonds. The summed E-state index contributed by atoms with van der Waals surface area (Å²) in [6.45, 7) is 3.94. The topological polar surface area (TPSA) is 92.6 Å². The van der Waals surface area contributed by atoms with Gasteiger partial charge in [0.05, 0.1) is 17.5 Å². The minimum absolute atomic E-state index is 0.159. The number of para-hydroxylation sites is 1. The molecule has 0 unspecified atom stereocenters. The van der Waals surface area contributed by atoms with Gasteiger partial charge in [-0.05, 0) is 67.8 Å². The molecule has 2 aromatic carbocycles. The van der Waals surface area contributed by atoms with Crippen LogP contribution >= 0.6 is 22.9 Å². The van der Waals surface area contributed by atoms with E-state index in [2.05, 4.69) is 19.8 Å². The summed E-state index contributed by atoms with van der Waals surface area (Å²) in [6, 6.07) is 19.0. The summed E-state index contributed by atoms with van der Waals surface area (Å²) in [7, 11) is -3.79. The van der Waals surface area contributed by atoms with Crippen molar-refractivity contribution in [3.05, 3.63) is 99.6 Å². The van der Waals surface area contributed by atoms with Crippen LogP contribution in [0.2, 0.25) is 5.02 Å². The Bertz CT molecular complexity index is 1460. The lowest BCUT2D eigenvalue weighted by molar-refractivity contribution is 0.0956. The van der Waals surface area contributed by atoms with Crippen molar-refractivity contribution in [1.82, 2.24) is 9.99 Å². The molecule has 4 rings (SSSR count). The monoisotopic (exact) mass is 512 g/mol. The van der Waals surface area contributed by atoms with Crippen molar-refractivity contribution in [3.63, 3.8) is 0 Å². The van der Waals surface area contributed by atoms with Gasteiger partial charge in [0, 0.05) is 27.7 Å². The number of hydrogen-bond acceptors (Lipinski definition) is 5. The molecule has 7 nitrogen and oxygen atoms in total. The van der Waals surface area contributed by atoms with Crippen molar-refractivity contribution in [2.45, 2.75) is 18.1 Å². The quantitative estimate of drug-likeness (QED) is 0.257. The van der Waals surface area contributed by atoms with Crippen LogP contribution in [0.5, 0.6) is 0 Å². The number of nitrogens with zero attached hydrogens (tertiary/aromatic N) is 2. The summed E-state index contributed by atoms with van der Waals surface area (Å²) in [5.74, 6) is -0.535. The highest BCUT2D eigenvalue weighted by atomic mass is 35.5. The van der Waals surface area contributed by atoms with Gasteiger partial charge in [-0.25, -0.2) is 13.8 Å². The van der Waals surface area contributed by atoms with Crippen molar-refractivity contribution < 1.29 is 13.2 Å². The zero-order valence-corrected chi connectivity index (χ0v) is 20.7. The van der Waals surface area contributed by atoms with Crippen molar-refractivity contribution in [2.75, 3.05) is 4.72 Å². The lowest BCUT2D eigenvalue weighted by Crippen LogP contribution is -2.21. The fraction of sp³-hybridized carbons (Fsp3) is 0.0833. The van der Waals surface area contributed by atoms with Crippen LogP contribution in [-0.4, -0.2) is 25.1 Å². The average Bonchev–Trinajstić information content (AvgIpc) is 3.44. The molecule has 2 aromatic heterocycles. The van der Waals surface area contributed by atoms with Crippen LogP contribution in [0.15, 0.2) is 81.4 Å². The molecule has 0 bridgehead atoms. The summed E-state index contributed by atoms with van der Waals surface area (Å²) >= 11 is 7.09. The Morgan fingerprint density at radius 2 is 1.79 bits per heavy atom. The Kier molecular flexibility index (Phi) is 6.87. The summed E-state index contributed by atoms with van der Waals surface area (Å²) < 4.78 is 29.8. The van der Waals surface area contributed by atoms with Gasteiger partial charge < -0.3 is 4.57 Å². The summed E-state index contributed by atoms with van der Waals surface area (Å²) in [6.07, 6.45) is 1.56. The second-order valence-electron chi connectivity index (χ2n) is 7.42. The number of aryl methyl sites for hydroxylation is 1. The molecular weight excluding hydrogens is 492 g/mol. The van der Waals surface area contributed by atoms with Crippen molar-refractivity contribution in [2.24, 2.45) is 5.10 Å². The van der Waals surface area contributed by atoms with Gasteiger partial charge in [0.15, 0.2) is 0 Å². The number of nitrogens with one attached hydrogen (secondary N) is 2. The maximum absolute atomic E-state index is 12.8. The van der Waals surface area contributed by atoms with E-state index >= 15 is 0 Å². The lowest BCUT2D eigenvalue weighted by Gasteiger charge is -2.10. The van der Waals surface area contributed by atoms with Crippen molar-refractivity contribution in [1.29, 1.82) is 0 Å². The first kappa shape index (κ1) is 23.7. The van der Waals surface area contributed by atoms with Gasteiger partial charge in [-0.3, -0.25) is 9.52 Å². The van der Waals surface area contributed by atoms with Gasteiger partial charge in [0.2, 0.25) is 0 Å². The standard InChI is InChI=1S/C24H21ClN4O3S2/c1-16-14-18(17(2)29(16)20-11-9-19(25)10-12-20)15-26-27-24(30)21-6-3-4-7-22(21)28-34(31,32)23-8-5-13-33-23/h3-15,28H,1-2H3,(H,27,30)/b26-15+. The first-order valence-corrected chi connectivity index (χ1v) is 12.9. The highest BCUT2D eigenvalue weighted by molar-refractivity contribution is 7.94. The van der Waals surface area contributed by atoms with Crippen LogP contribution in [0, 0.1) is 13.8 Å². The van der Waals surface area contributed by atoms with E-state index in [-0.39, 0.29) is 15.5 Å². The Labute approximate surface area is 206 Å². The Hall–Kier alpha value is -3.40. The van der Waals surface area contributed by atoms with E-state index in [1.807, 2.05) is 44.2 Å². The van der Waals surface area contributed by atoms with Crippen LogP contribution in [0.3, 0.4) is 0 Å². The predicted molar refractivity (Wildman–Crippen MR) is 137 cm³/mol. The molecule has 0 aliphatic rings.